The third kappa shape index (κ3) is 7.40. The van der Waals surface area contributed by atoms with Crippen LogP contribution in [0.2, 0.25) is 0 Å². The van der Waals surface area contributed by atoms with Crippen LogP contribution in [0.5, 0.6) is 5.75 Å². The maximum atomic E-state index is 13.4. The largest absolute Gasteiger partial charge is 0.497 e. The molecule has 2 rings (SSSR count). The van der Waals surface area contributed by atoms with Crippen molar-refractivity contribution < 1.29 is 14.3 Å². The van der Waals surface area contributed by atoms with E-state index >= 15 is 0 Å². The number of rotatable bonds is 12. The molecule has 0 heterocycles. The number of amides is 2. The molecule has 1 N–H and O–H groups in total. The Balaban J connectivity index is 2.21. The Bertz CT molecular complexity index is 863. The van der Waals surface area contributed by atoms with E-state index < -0.39 is 6.04 Å². The number of benzene rings is 2. The third-order valence-corrected chi connectivity index (χ3v) is 5.93. The number of carbonyl (C=O) groups is 2. The number of nitrogens with zero attached hydrogens (tertiary/aromatic N) is 1. The van der Waals surface area contributed by atoms with Crippen molar-refractivity contribution in [2.45, 2.75) is 78.4 Å². The van der Waals surface area contributed by atoms with Gasteiger partial charge in [-0.25, -0.2) is 0 Å². The van der Waals surface area contributed by atoms with Gasteiger partial charge >= 0.3 is 0 Å². The van der Waals surface area contributed by atoms with Gasteiger partial charge in [0.1, 0.15) is 11.8 Å². The zero-order valence-electron chi connectivity index (χ0n) is 20.2. The molecule has 2 aromatic carbocycles. The molecule has 0 saturated heterocycles. The lowest BCUT2D eigenvalue weighted by Crippen LogP contribution is -2.50. The van der Waals surface area contributed by atoms with Crippen LogP contribution in [0.3, 0.4) is 0 Å². The monoisotopic (exact) mass is 438 g/mol. The highest BCUT2D eigenvalue weighted by molar-refractivity contribution is 5.88. The van der Waals surface area contributed by atoms with Gasteiger partial charge in [0.2, 0.25) is 11.8 Å². The van der Waals surface area contributed by atoms with Gasteiger partial charge < -0.3 is 15.0 Å². The summed E-state index contributed by atoms with van der Waals surface area (Å²) >= 11 is 0. The summed E-state index contributed by atoms with van der Waals surface area (Å²) in [5.74, 6) is 0.631. The summed E-state index contributed by atoms with van der Waals surface area (Å²) < 4.78 is 5.34. The number of hydrogen-bond donors (Lipinski definition) is 1. The van der Waals surface area contributed by atoms with Gasteiger partial charge in [-0.2, -0.15) is 0 Å². The van der Waals surface area contributed by atoms with Crippen molar-refractivity contribution in [3.05, 3.63) is 65.2 Å². The molecule has 0 fully saturated rings. The van der Waals surface area contributed by atoms with Crippen molar-refractivity contribution in [2.75, 3.05) is 7.11 Å². The molecule has 0 aromatic heterocycles. The minimum absolute atomic E-state index is 0.0152. The molecular weight excluding hydrogens is 400 g/mol. The summed E-state index contributed by atoms with van der Waals surface area (Å²) in [6.45, 7) is 8.48. The van der Waals surface area contributed by atoms with E-state index in [1.165, 1.54) is 5.56 Å². The van der Waals surface area contributed by atoms with Gasteiger partial charge in [-0.05, 0) is 61.4 Å². The lowest BCUT2D eigenvalue weighted by molar-refractivity contribution is -0.141. The van der Waals surface area contributed by atoms with Crippen molar-refractivity contribution >= 4 is 11.8 Å². The maximum absolute atomic E-state index is 13.4. The zero-order chi connectivity index (χ0) is 23.5. The molecule has 0 spiro atoms. The fraction of sp³-hybridized carbons (Fsp3) is 0.481. The van der Waals surface area contributed by atoms with Crippen molar-refractivity contribution in [3.8, 4) is 5.75 Å². The molecule has 0 aliphatic carbocycles. The normalized spacial score (nSPS) is 12.7. The first-order chi connectivity index (χ1) is 15.4. The number of aryl methyl sites for hydroxylation is 2. The fourth-order valence-electron chi connectivity index (χ4n) is 3.66. The molecule has 2 aromatic rings. The van der Waals surface area contributed by atoms with Crippen molar-refractivity contribution in [1.29, 1.82) is 0 Å². The summed E-state index contributed by atoms with van der Waals surface area (Å²) in [5, 5.41) is 3.05. The number of methoxy groups -OCH3 is 1. The van der Waals surface area contributed by atoms with E-state index in [1.54, 1.807) is 12.0 Å². The number of hydrogen-bond acceptors (Lipinski definition) is 3. The standard InChI is InChI=1S/C27H38N2O3/c1-6-20(4)28-27(31)25(8-3)29(19-23-10-9-11-24(18-23)32-5)26(30)17-16-22-14-12-21(7-2)13-15-22/h9-15,18,20,25H,6-8,16-17,19H2,1-5H3,(H,28,31)/t20-,25-/m1/s1. The highest BCUT2D eigenvalue weighted by Crippen LogP contribution is 2.19. The van der Waals surface area contributed by atoms with E-state index in [-0.39, 0.29) is 17.9 Å². The molecule has 0 aliphatic heterocycles. The molecule has 0 bridgehead atoms. The summed E-state index contributed by atoms with van der Waals surface area (Å²) in [7, 11) is 1.63. The van der Waals surface area contributed by atoms with Gasteiger partial charge in [0.25, 0.3) is 0 Å². The lowest BCUT2D eigenvalue weighted by Gasteiger charge is -2.31. The average Bonchev–Trinajstić information content (AvgIpc) is 2.82. The second kappa shape index (κ2) is 12.9. The summed E-state index contributed by atoms with van der Waals surface area (Å²) in [4.78, 5) is 28.1. The fourth-order valence-corrected chi connectivity index (χ4v) is 3.66. The highest BCUT2D eigenvalue weighted by atomic mass is 16.5. The maximum Gasteiger partial charge on any atom is 0.243 e. The first-order valence-corrected chi connectivity index (χ1v) is 11.7. The molecule has 0 saturated carbocycles. The Morgan fingerprint density at radius 2 is 1.66 bits per heavy atom. The van der Waals surface area contributed by atoms with Gasteiger partial charge in [-0.15, -0.1) is 0 Å². The van der Waals surface area contributed by atoms with Gasteiger partial charge in [-0.1, -0.05) is 57.2 Å². The van der Waals surface area contributed by atoms with Crippen LogP contribution in [0.1, 0.15) is 63.6 Å². The molecule has 5 heteroatoms. The van der Waals surface area contributed by atoms with Gasteiger partial charge in [0.15, 0.2) is 0 Å². The van der Waals surface area contributed by atoms with E-state index in [2.05, 4.69) is 36.5 Å². The van der Waals surface area contributed by atoms with E-state index in [1.807, 2.05) is 45.0 Å². The SMILES string of the molecule is CCc1ccc(CCC(=O)N(Cc2cccc(OC)c2)[C@H](CC)C(=O)N[C@H](C)CC)cc1. The van der Waals surface area contributed by atoms with Crippen molar-refractivity contribution in [3.63, 3.8) is 0 Å². The van der Waals surface area contributed by atoms with Gasteiger partial charge in [0, 0.05) is 19.0 Å². The summed E-state index contributed by atoms with van der Waals surface area (Å²) in [6, 6.07) is 15.6. The van der Waals surface area contributed by atoms with Gasteiger partial charge in [-0.3, -0.25) is 9.59 Å². The van der Waals surface area contributed by atoms with Crippen LogP contribution in [0.25, 0.3) is 0 Å². The molecule has 0 unspecified atom stereocenters. The molecule has 0 aliphatic rings. The van der Waals surface area contributed by atoms with Gasteiger partial charge in [0.05, 0.1) is 7.11 Å². The Kier molecular flexibility index (Phi) is 10.3. The number of carbonyl (C=O) groups excluding carboxylic acids is 2. The Labute approximate surface area is 193 Å². The number of ether oxygens (including phenoxy) is 1. The quantitative estimate of drug-likeness (QED) is 0.512. The van der Waals surface area contributed by atoms with Crippen molar-refractivity contribution in [2.24, 2.45) is 0 Å². The predicted octanol–water partition coefficient (Wildman–Crippen LogP) is 4.91. The molecule has 0 radical (unpaired) electrons. The van der Waals surface area contributed by atoms with E-state index in [9.17, 15) is 9.59 Å². The van der Waals surface area contributed by atoms with Crippen LogP contribution >= 0.6 is 0 Å². The number of nitrogens with one attached hydrogen (secondary N) is 1. The van der Waals surface area contributed by atoms with Crippen LogP contribution in [-0.2, 0) is 29.0 Å². The molecule has 2 atom stereocenters. The minimum atomic E-state index is -0.509. The Hall–Kier alpha value is -2.82. The second-order valence-corrected chi connectivity index (χ2v) is 8.29. The Morgan fingerprint density at radius 1 is 0.969 bits per heavy atom. The van der Waals surface area contributed by atoms with Crippen LogP contribution in [-0.4, -0.2) is 35.9 Å². The summed E-state index contributed by atoms with van der Waals surface area (Å²) in [6.07, 6.45) is 3.42. The molecule has 5 nitrogen and oxygen atoms in total. The molecule has 2 amide bonds. The van der Waals surface area contributed by atoms with Crippen LogP contribution < -0.4 is 10.1 Å². The van der Waals surface area contributed by atoms with Crippen LogP contribution in [0.15, 0.2) is 48.5 Å². The lowest BCUT2D eigenvalue weighted by atomic mass is 10.0. The van der Waals surface area contributed by atoms with E-state index in [4.69, 9.17) is 4.74 Å². The highest BCUT2D eigenvalue weighted by Gasteiger charge is 2.29. The molecular formula is C27H38N2O3. The first-order valence-electron chi connectivity index (χ1n) is 11.7. The molecule has 32 heavy (non-hydrogen) atoms. The van der Waals surface area contributed by atoms with Crippen LogP contribution in [0, 0.1) is 0 Å². The minimum Gasteiger partial charge on any atom is -0.497 e. The smallest absolute Gasteiger partial charge is 0.243 e. The first kappa shape index (κ1) is 25.4. The van der Waals surface area contributed by atoms with Crippen LogP contribution in [0.4, 0.5) is 0 Å². The predicted molar refractivity (Wildman–Crippen MR) is 130 cm³/mol. The van der Waals surface area contributed by atoms with E-state index in [0.717, 1.165) is 29.7 Å². The van der Waals surface area contributed by atoms with Crippen molar-refractivity contribution in [1.82, 2.24) is 10.2 Å². The third-order valence-electron chi connectivity index (χ3n) is 5.93. The average molecular weight is 439 g/mol. The second-order valence-electron chi connectivity index (χ2n) is 8.29. The van der Waals surface area contributed by atoms with E-state index in [0.29, 0.717) is 25.8 Å². The Morgan fingerprint density at radius 3 is 2.25 bits per heavy atom. The zero-order valence-corrected chi connectivity index (χ0v) is 20.2. The summed E-state index contributed by atoms with van der Waals surface area (Å²) in [5.41, 5.74) is 3.36. The topological polar surface area (TPSA) is 58.6 Å². The molecule has 174 valence electrons.